The number of amides is 3. The predicted octanol–water partition coefficient (Wildman–Crippen LogP) is 10.5. The zero-order valence-corrected chi connectivity index (χ0v) is 51.6. The Kier molecular flexibility index (Phi) is 19.3. The highest BCUT2D eigenvalue weighted by Gasteiger charge is 2.30. The maximum Gasteiger partial charge on any atom is 0.410 e. The van der Waals surface area contributed by atoms with Crippen LogP contribution in [0.25, 0.3) is 76.8 Å². The van der Waals surface area contributed by atoms with Crippen molar-refractivity contribution >= 4 is 62.9 Å². The molecule has 4 saturated heterocycles. The minimum absolute atomic E-state index is 0.00465. The van der Waals surface area contributed by atoms with E-state index in [4.69, 9.17) is 26.7 Å². The van der Waals surface area contributed by atoms with Gasteiger partial charge in [0.2, 0.25) is 22.8 Å². The number of benzene rings is 4. The van der Waals surface area contributed by atoms with Gasteiger partial charge in [0.1, 0.15) is 17.1 Å². The van der Waals surface area contributed by atoms with Crippen molar-refractivity contribution < 1.29 is 28.0 Å². The lowest BCUT2D eigenvalue weighted by molar-refractivity contribution is 0.0148. The SMILES string of the molecule is [C-]#[N+]c1cnc2oc(-c3cccc(C(=O)N4CCN(C)CC4)c3)c(-c3ccccc3)c2c1NCCN1CCN(C(=O)OC(C)(C)C)CC1.[C-]#[N+]c1cnc2oc(-c3cccc(C(=O)N4CCN(C)CC4)c3)c(-c3ccccc3)c2c1NCCN1CCNCC1. The van der Waals surface area contributed by atoms with E-state index in [1.165, 1.54) is 0 Å². The average Bonchev–Trinajstić information content (AvgIpc) is 1.95. The van der Waals surface area contributed by atoms with Crippen molar-refractivity contribution in [2.45, 2.75) is 26.4 Å². The van der Waals surface area contributed by atoms with Crippen LogP contribution in [-0.2, 0) is 4.74 Å². The number of carbonyl (C=O) groups is 3. The van der Waals surface area contributed by atoms with Crippen LogP contribution >= 0.6 is 0 Å². The van der Waals surface area contributed by atoms with Gasteiger partial charge in [0.05, 0.1) is 35.3 Å². The number of pyridine rings is 2. The Morgan fingerprint density at radius 2 is 0.944 bits per heavy atom. The maximum absolute atomic E-state index is 13.5. The average molecular weight is 1200 g/mol. The topological polar surface area (TPSA) is 180 Å². The molecule has 0 atom stereocenters. The molecule has 0 spiro atoms. The number of hydrogen-bond donors (Lipinski definition) is 3. The van der Waals surface area contributed by atoms with Gasteiger partial charge in [0, 0.05) is 177 Å². The van der Waals surface area contributed by atoms with Crippen molar-refractivity contribution in [2.75, 3.05) is 156 Å². The first-order valence-corrected chi connectivity index (χ1v) is 30.8. The molecule has 0 unspecified atom stereocenters. The number of rotatable bonds is 14. The lowest BCUT2D eigenvalue weighted by Gasteiger charge is -2.35. The number of carbonyl (C=O) groups excluding carboxylic acids is 3. The van der Waals surface area contributed by atoms with Crippen molar-refractivity contribution in [3.8, 4) is 44.9 Å². The van der Waals surface area contributed by atoms with E-state index in [0.717, 1.165) is 128 Å². The third-order valence-electron chi connectivity index (χ3n) is 16.8. The van der Waals surface area contributed by atoms with Crippen LogP contribution in [0, 0.1) is 13.1 Å². The lowest BCUT2D eigenvalue weighted by Crippen LogP contribution is -2.50. The van der Waals surface area contributed by atoms with E-state index in [0.29, 0.717) is 103 Å². The van der Waals surface area contributed by atoms with Gasteiger partial charge in [-0.3, -0.25) is 19.4 Å². The molecule has 20 heteroatoms. The molecular weight excluding hydrogens is 1120 g/mol. The van der Waals surface area contributed by atoms with Crippen molar-refractivity contribution in [1.82, 2.24) is 49.6 Å². The molecule has 4 aromatic heterocycles. The number of hydrogen-bond acceptors (Lipinski definition) is 15. The van der Waals surface area contributed by atoms with Crippen LogP contribution in [0.1, 0.15) is 41.5 Å². The van der Waals surface area contributed by atoms with Gasteiger partial charge in [-0.15, -0.1) is 0 Å². The van der Waals surface area contributed by atoms with E-state index in [9.17, 15) is 14.4 Å². The first-order chi connectivity index (χ1) is 43.2. The van der Waals surface area contributed by atoms with Crippen LogP contribution in [-0.4, -0.2) is 213 Å². The smallest absolute Gasteiger partial charge is 0.410 e. The summed E-state index contributed by atoms with van der Waals surface area (Å²) in [7, 11) is 4.15. The van der Waals surface area contributed by atoms with Gasteiger partial charge >= 0.3 is 6.09 Å². The fourth-order valence-corrected chi connectivity index (χ4v) is 11.9. The summed E-state index contributed by atoms with van der Waals surface area (Å²) in [6, 6.07) is 35.3. The number of fused-ring (bicyclic) bond motifs is 2. The number of likely N-dealkylation sites (N-methyl/N-ethyl adjacent to an activating group) is 2. The summed E-state index contributed by atoms with van der Waals surface area (Å²) in [4.78, 5) is 70.9. The molecule has 3 N–H and O–H groups in total. The van der Waals surface area contributed by atoms with Crippen LogP contribution in [0.15, 0.2) is 130 Å². The third kappa shape index (κ3) is 14.4. The van der Waals surface area contributed by atoms with Gasteiger partial charge in [-0.2, -0.15) is 0 Å². The second-order valence-corrected chi connectivity index (χ2v) is 24.1. The van der Waals surface area contributed by atoms with E-state index in [2.05, 4.69) is 69.3 Å². The Hall–Kier alpha value is -9.15. The van der Waals surface area contributed by atoms with E-state index in [-0.39, 0.29) is 17.9 Å². The number of anilines is 2. The first-order valence-electron chi connectivity index (χ1n) is 30.8. The maximum atomic E-state index is 13.5. The predicted molar refractivity (Wildman–Crippen MR) is 350 cm³/mol. The zero-order valence-electron chi connectivity index (χ0n) is 51.6. The summed E-state index contributed by atoms with van der Waals surface area (Å²) in [5.74, 6) is 1.27. The molecule has 4 aliphatic rings. The molecule has 4 aromatic carbocycles. The Bertz CT molecular complexity index is 3870. The molecular formula is C69H78N14O6. The number of nitrogens with one attached hydrogen (secondary N) is 3. The summed E-state index contributed by atoms with van der Waals surface area (Å²) < 4.78 is 18.5. The van der Waals surface area contributed by atoms with Gasteiger partial charge in [-0.05, 0) is 70.3 Å². The quantitative estimate of drug-likeness (QED) is 0.0875. The molecule has 89 heavy (non-hydrogen) atoms. The number of nitrogens with zero attached hydrogens (tertiary/aromatic N) is 11. The van der Waals surface area contributed by atoms with Gasteiger partial charge < -0.3 is 54.0 Å². The monoisotopic (exact) mass is 1200 g/mol. The van der Waals surface area contributed by atoms with E-state index < -0.39 is 5.60 Å². The Balaban J connectivity index is 0.000000186. The number of ether oxygens (including phenoxy) is 1. The zero-order chi connectivity index (χ0) is 62.0. The molecule has 8 aromatic rings. The highest BCUT2D eigenvalue weighted by atomic mass is 16.6. The van der Waals surface area contributed by atoms with Crippen LogP contribution in [0.4, 0.5) is 27.5 Å². The lowest BCUT2D eigenvalue weighted by atomic mass is 9.97. The van der Waals surface area contributed by atoms with Crippen molar-refractivity contribution in [2.24, 2.45) is 0 Å². The number of piperazine rings is 4. The Morgan fingerprint density at radius 1 is 0.539 bits per heavy atom. The highest BCUT2D eigenvalue weighted by molar-refractivity contribution is 6.12. The van der Waals surface area contributed by atoms with Gasteiger partial charge in [0.25, 0.3) is 11.8 Å². The normalized spacial score (nSPS) is 16.3. The number of furan rings is 2. The summed E-state index contributed by atoms with van der Waals surface area (Å²) in [5.41, 5.74) is 9.02. The number of aromatic nitrogens is 2. The molecule has 4 fully saturated rings. The molecule has 0 saturated carbocycles. The second kappa shape index (κ2) is 27.9. The summed E-state index contributed by atoms with van der Waals surface area (Å²) >= 11 is 0. The third-order valence-corrected chi connectivity index (χ3v) is 16.8. The van der Waals surface area contributed by atoms with E-state index in [1.807, 2.05) is 140 Å². The van der Waals surface area contributed by atoms with Gasteiger partial charge in [-0.25, -0.2) is 24.5 Å². The van der Waals surface area contributed by atoms with Crippen LogP contribution in [0.5, 0.6) is 0 Å². The molecule has 12 rings (SSSR count). The molecule has 20 nitrogen and oxygen atoms in total. The van der Waals surface area contributed by atoms with Gasteiger partial charge in [0.15, 0.2) is 0 Å². The molecule has 0 bridgehead atoms. The van der Waals surface area contributed by atoms with E-state index in [1.54, 1.807) is 17.3 Å². The Morgan fingerprint density at radius 3 is 1.36 bits per heavy atom. The van der Waals surface area contributed by atoms with Crippen LogP contribution < -0.4 is 16.0 Å². The summed E-state index contributed by atoms with van der Waals surface area (Å²) in [6.45, 7) is 37.3. The highest BCUT2D eigenvalue weighted by Crippen LogP contribution is 2.48. The van der Waals surface area contributed by atoms with Gasteiger partial charge in [-0.1, -0.05) is 84.9 Å². The fraction of sp³-hybridized carbons (Fsp3) is 0.377. The molecule has 0 radical (unpaired) electrons. The molecule has 8 heterocycles. The molecule has 0 aliphatic carbocycles. The van der Waals surface area contributed by atoms with Crippen molar-refractivity contribution in [1.29, 1.82) is 0 Å². The largest absolute Gasteiger partial charge is 0.444 e. The van der Waals surface area contributed by atoms with Crippen LogP contribution in [0.3, 0.4) is 0 Å². The van der Waals surface area contributed by atoms with Crippen molar-refractivity contribution in [3.05, 3.63) is 156 Å². The minimum atomic E-state index is -0.523. The summed E-state index contributed by atoms with van der Waals surface area (Å²) in [5, 5.41) is 12.0. The fourth-order valence-electron chi connectivity index (χ4n) is 11.9. The molecule has 460 valence electrons. The molecule has 3 amide bonds. The van der Waals surface area contributed by atoms with E-state index >= 15 is 0 Å². The van der Waals surface area contributed by atoms with Crippen molar-refractivity contribution in [3.63, 3.8) is 0 Å². The minimum Gasteiger partial charge on any atom is -0.444 e. The second-order valence-electron chi connectivity index (χ2n) is 24.1. The Labute approximate surface area is 520 Å². The summed E-state index contributed by atoms with van der Waals surface area (Å²) in [6.07, 6.45) is 2.85. The first kappa shape index (κ1) is 61.5. The standard InChI is InChI=1S/C37H43N7O4.C32H35N7O2/c1-37(2,3)48-36(46)44-22-18-42(19-23-44)15-14-39-32-29(38-4)25-40-34-31(32)30(26-10-7-6-8-11-26)33(47-34)27-12-9-13-28(24-27)35(45)43-20-16-41(5)17-21-43;1-33-26-22-36-31-28(29(26)35-13-16-38-14-11-34-12-15-38)27(23-7-4-3-5-8-23)30(41-31)24-9-6-10-25(21-24)32(40)39-19-17-37(2)18-20-39/h6-13,24-25H,14-23H2,1-3,5H3,(H,39,40);3-10,21-22,34H,11-20H2,2H3,(H,35,36). The van der Waals surface area contributed by atoms with Crippen LogP contribution in [0.2, 0.25) is 0 Å². The molecule has 4 aliphatic heterocycles.